The van der Waals surface area contributed by atoms with Crippen LogP contribution in [-0.2, 0) is 6.54 Å². The number of carbonyl (C=O) groups is 1. The zero-order chi connectivity index (χ0) is 20.8. The lowest BCUT2D eigenvalue weighted by atomic mass is 10.1. The number of nitrogens with one attached hydrogen (secondary N) is 1. The fourth-order valence-corrected chi connectivity index (χ4v) is 6.57. The molecule has 2 aliphatic heterocycles. The second-order valence-electron chi connectivity index (χ2n) is 7.55. The van der Waals surface area contributed by atoms with Gasteiger partial charge in [-0.25, -0.2) is 4.79 Å². The second kappa shape index (κ2) is 10.3. The molecular weight excluding hydrogens is 412 g/mol. The van der Waals surface area contributed by atoms with Gasteiger partial charge in [0.1, 0.15) is 0 Å². The SMILES string of the molecule is N#Cc1ccc(CN2CCN(C(=O)Nc3cccc(C4SCCCS4)c3)CC2)cc1. The smallest absolute Gasteiger partial charge is 0.321 e. The van der Waals surface area contributed by atoms with Crippen molar-refractivity contribution in [3.63, 3.8) is 0 Å². The fraction of sp³-hybridized carbons (Fsp3) is 0.391. The molecule has 1 N–H and O–H groups in total. The lowest BCUT2D eigenvalue weighted by Gasteiger charge is -2.34. The normalized spacial score (nSPS) is 18.0. The lowest BCUT2D eigenvalue weighted by Crippen LogP contribution is -2.49. The highest BCUT2D eigenvalue weighted by molar-refractivity contribution is 8.16. The highest BCUT2D eigenvalue weighted by Gasteiger charge is 2.22. The molecule has 4 rings (SSSR count). The van der Waals surface area contributed by atoms with Crippen LogP contribution in [0.3, 0.4) is 0 Å². The molecule has 0 atom stereocenters. The van der Waals surface area contributed by atoms with Gasteiger partial charge in [-0.3, -0.25) is 4.90 Å². The Kier molecular flexibility index (Phi) is 7.21. The third-order valence-corrected chi connectivity index (χ3v) is 8.40. The largest absolute Gasteiger partial charge is 0.322 e. The van der Waals surface area contributed by atoms with Crippen LogP contribution in [0.15, 0.2) is 48.5 Å². The molecule has 7 heteroatoms. The summed E-state index contributed by atoms with van der Waals surface area (Å²) in [7, 11) is 0. The molecule has 2 heterocycles. The molecule has 156 valence electrons. The summed E-state index contributed by atoms with van der Waals surface area (Å²) in [4.78, 5) is 17.0. The summed E-state index contributed by atoms with van der Waals surface area (Å²) in [6.45, 7) is 3.98. The van der Waals surface area contributed by atoms with Crippen molar-refractivity contribution in [1.82, 2.24) is 9.80 Å². The second-order valence-corrected chi connectivity index (χ2v) is 10.3. The molecule has 2 aliphatic rings. The number of amides is 2. The zero-order valence-electron chi connectivity index (χ0n) is 16.9. The summed E-state index contributed by atoms with van der Waals surface area (Å²) in [5.41, 5.74) is 4.05. The Morgan fingerprint density at radius 1 is 1.07 bits per heavy atom. The lowest BCUT2D eigenvalue weighted by molar-refractivity contribution is 0.143. The number of urea groups is 1. The first-order valence-corrected chi connectivity index (χ1v) is 12.4. The van der Waals surface area contributed by atoms with Crippen molar-refractivity contribution in [1.29, 1.82) is 5.26 Å². The Morgan fingerprint density at radius 3 is 2.50 bits per heavy atom. The standard InChI is InChI=1S/C23H26N4OS2/c24-16-18-5-7-19(8-6-18)17-26-9-11-27(12-10-26)23(28)25-21-4-1-3-20(15-21)22-29-13-2-14-30-22/h1,3-8,15,22H,2,9-14,17H2,(H,25,28). The summed E-state index contributed by atoms with van der Waals surface area (Å²) in [5, 5.41) is 12.0. The Balaban J connectivity index is 1.27. The van der Waals surface area contributed by atoms with Gasteiger partial charge in [-0.2, -0.15) is 5.26 Å². The molecule has 2 aromatic carbocycles. The van der Waals surface area contributed by atoms with Crippen LogP contribution in [0.5, 0.6) is 0 Å². The Hall–Kier alpha value is -2.14. The highest BCUT2D eigenvalue weighted by atomic mass is 32.2. The minimum atomic E-state index is -0.0193. The topological polar surface area (TPSA) is 59.4 Å². The summed E-state index contributed by atoms with van der Waals surface area (Å²) in [6, 6.07) is 18.2. The third-order valence-electron chi connectivity index (χ3n) is 5.39. The van der Waals surface area contributed by atoms with E-state index in [4.69, 9.17) is 5.26 Å². The Labute approximate surface area is 186 Å². The molecule has 0 bridgehead atoms. The van der Waals surface area contributed by atoms with Gasteiger partial charge in [-0.1, -0.05) is 24.3 Å². The first-order chi connectivity index (χ1) is 14.7. The maximum absolute atomic E-state index is 12.7. The quantitative estimate of drug-likeness (QED) is 0.745. The molecule has 5 nitrogen and oxygen atoms in total. The number of benzene rings is 2. The van der Waals surface area contributed by atoms with Crippen LogP contribution in [0.4, 0.5) is 10.5 Å². The number of anilines is 1. The summed E-state index contributed by atoms with van der Waals surface area (Å²) < 4.78 is 0.473. The van der Waals surface area contributed by atoms with Crippen LogP contribution >= 0.6 is 23.5 Å². The number of carbonyl (C=O) groups excluding carboxylic acids is 1. The highest BCUT2D eigenvalue weighted by Crippen LogP contribution is 2.44. The van der Waals surface area contributed by atoms with Gasteiger partial charge in [0.2, 0.25) is 0 Å². The number of hydrogen-bond donors (Lipinski definition) is 1. The number of nitrogens with zero attached hydrogens (tertiary/aromatic N) is 3. The van der Waals surface area contributed by atoms with Crippen molar-refractivity contribution in [2.45, 2.75) is 17.5 Å². The van der Waals surface area contributed by atoms with Gasteiger partial charge in [0.05, 0.1) is 16.2 Å². The molecule has 2 aromatic rings. The van der Waals surface area contributed by atoms with E-state index in [1.165, 1.54) is 29.1 Å². The van der Waals surface area contributed by atoms with Gasteiger partial charge in [-0.05, 0) is 53.3 Å². The first-order valence-electron chi connectivity index (χ1n) is 10.3. The minimum absolute atomic E-state index is 0.0193. The fourth-order valence-electron chi connectivity index (χ4n) is 3.70. The molecule has 0 aromatic heterocycles. The third kappa shape index (κ3) is 5.51. The van der Waals surface area contributed by atoms with Gasteiger partial charge in [0, 0.05) is 38.4 Å². The van der Waals surface area contributed by atoms with E-state index in [9.17, 15) is 4.79 Å². The van der Waals surface area contributed by atoms with Crippen LogP contribution in [0.2, 0.25) is 0 Å². The van der Waals surface area contributed by atoms with E-state index in [-0.39, 0.29) is 6.03 Å². The number of rotatable bonds is 4. The molecule has 2 amide bonds. The van der Waals surface area contributed by atoms with Gasteiger partial charge in [0.15, 0.2) is 0 Å². The Morgan fingerprint density at radius 2 is 1.80 bits per heavy atom. The number of piperazine rings is 1. The van der Waals surface area contributed by atoms with Crippen molar-refractivity contribution >= 4 is 35.2 Å². The van der Waals surface area contributed by atoms with Gasteiger partial charge in [-0.15, -0.1) is 23.5 Å². The number of hydrogen-bond acceptors (Lipinski definition) is 5. The average molecular weight is 439 g/mol. The van der Waals surface area contributed by atoms with Crippen LogP contribution in [-0.4, -0.2) is 53.5 Å². The molecule has 2 saturated heterocycles. The molecule has 0 saturated carbocycles. The van der Waals surface area contributed by atoms with Crippen molar-refractivity contribution in [3.05, 3.63) is 65.2 Å². The average Bonchev–Trinajstić information content (AvgIpc) is 2.81. The van der Waals surface area contributed by atoms with Gasteiger partial charge >= 0.3 is 6.03 Å². The van der Waals surface area contributed by atoms with Crippen LogP contribution in [0, 0.1) is 11.3 Å². The maximum Gasteiger partial charge on any atom is 0.321 e. The van der Waals surface area contributed by atoms with E-state index < -0.39 is 0 Å². The van der Waals surface area contributed by atoms with Crippen LogP contribution in [0.1, 0.15) is 27.7 Å². The molecule has 0 unspecified atom stereocenters. The van der Waals surface area contributed by atoms with E-state index in [0.717, 1.165) is 38.4 Å². The molecule has 30 heavy (non-hydrogen) atoms. The van der Waals surface area contributed by atoms with Crippen molar-refractivity contribution in [2.75, 3.05) is 43.0 Å². The van der Waals surface area contributed by atoms with Crippen LogP contribution < -0.4 is 5.32 Å². The number of thioether (sulfide) groups is 2. The van der Waals surface area contributed by atoms with Crippen LogP contribution in [0.25, 0.3) is 0 Å². The summed E-state index contributed by atoms with van der Waals surface area (Å²) in [5.74, 6) is 2.42. The summed E-state index contributed by atoms with van der Waals surface area (Å²) in [6.07, 6.45) is 1.28. The Bertz CT molecular complexity index is 898. The monoisotopic (exact) mass is 438 g/mol. The van der Waals surface area contributed by atoms with E-state index in [1.54, 1.807) is 0 Å². The molecule has 0 aliphatic carbocycles. The first kappa shape index (κ1) is 21.1. The molecular formula is C23H26N4OS2. The molecule has 2 fully saturated rings. The summed E-state index contributed by atoms with van der Waals surface area (Å²) >= 11 is 3.99. The zero-order valence-corrected chi connectivity index (χ0v) is 18.6. The molecule has 0 spiro atoms. The van der Waals surface area contributed by atoms with E-state index in [0.29, 0.717) is 10.1 Å². The van der Waals surface area contributed by atoms with Gasteiger partial charge < -0.3 is 10.2 Å². The predicted molar refractivity (Wildman–Crippen MR) is 126 cm³/mol. The predicted octanol–water partition coefficient (Wildman–Crippen LogP) is 4.78. The van der Waals surface area contributed by atoms with E-state index in [2.05, 4.69) is 28.4 Å². The van der Waals surface area contributed by atoms with Crippen molar-refractivity contribution < 1.29 is 4.79 Å². The van der Waals surface area contributed by atoms with Crippen molar-refractivity contribution in [2.24, 2.45) is 0 Å². The van der Waals surface area contributed by atoms with Gasteiger partial charge in [0.25, 0.3) is 0 Å². The minimum Gasteiger partial charge on any atom is -0.322 e. The van der Waals surface area contributed by atoms with E-state index in [1.807, 2.05) is 64.8 Å². The van der Waals surface area contributed by atoms with Crippen molar-refractivity contribution in [3.8, 4) is 6.07 Å². The number of nitriles is 1. The van der Waals surface area contributed by atoms with E-state index >= 15 is 0 Å². The maximum atomic E-state index is 12.7. The molecule has 0 radical (unpaired) electrons.